The van der Waals surface area contributed by atoms with E-state index < -0.39 is 59.8 Å². The zero-order chi connectivity index (χ0) is 56.7. The molecule has 1 saturated heterocycles. The first-order chi connectivity index (χ1) is 38.1. The number of hydrogen-bond acceptors (Lipinski definition) is 11. The second-order valence-electron chi connectivity index (χ2n) is 21.3. The highest BCUT2D eigenvalue weighted by atomic mass is 32.3. The van der Waals surface area contributed by atoms with Crippen LogP contribution >= 0.6 is 0 Å². The van der Waals surface area contributed by atoms with Crippen LogP contribution in [0.15, 0.2) is 85.1 Å². The third kappa shape index (κ3) is 47.0. The number of aliphatic hydroxyl groups is 3. The molecule has 0 bridgehead atoms. The lowest BCUT2D eigenvalue weighted by molar-refractivity contribution is -0.301. The Hall–Kier alpha value is -2.72. The van der Waals surface area contributed by atoms with Crippen molar-refractivity contribution in [3.8, 4) is 0 Å². The summed E-state index contributed by atoms with van der Waals surface area (Å²) in [6.45, 7) is 3.89. The minimum absolute atomic E-state index is 0.0269. The monoisotopic (exact) mass is 1120 g/mol. The number of esters is 1. The highest BCUT2D eigenvalue weighted by molar-refractivity contribution is 7.80. The third-order valence-corrected chi connectivity index (χ3v) is 14.5. The van der Waals surface area contributed by atoms with E-state index in [1.807, 2.05) is 0 Å². The van der Waals surface area contributed by atoms with Crippen molar-refractivity contribution in [2.45, 2.75) is 295 Å². The summed E-state index contributed by atoms with van der Waals surface area (Å²) in [5, 5.41) is 30.9. The highest BCUT2D eigenvalue weighted by Gasteiger charge is 2.48. The van der Waals surface area contributed by atoms with Crippen LogP contribution in [0.3, 0.4) is 0 Å². The van der Waals surface area contributed by atoms with Gasteiger partial charge in [-0.1, -0.05) is 247 Å². The first-order valence-electron chi connectivity index (χ1n) is 31.3. The Labute approximate surface area is 476 Å². The van der Waals surface area contributed by atoms with E-state index in [9.17, 15) is 33.1 Å². The van der Waals surface area contributed by atoms with Crippen molar-refractivity contribution in [2.24, 2.45) is 0 Å². The predicted octanol–water partition coefficient (Wildman–Crippen LogP) is 16.3. The number of hydrogen-bond donors (Lipinski definition) is 4. The van der Waals surface area contributed by atoms with Crippen molar-refractivity contribution in [2.75, 3.05) is 26.4 Å². The molecule has 4 N–H and O–H groups in total. The number of rotatable bonds is 55. The maximum Gasteiger partial charge on any atom is 0.397 e. The molecule has 13 heteroatoms. The first-order valence-corrected chi connectivity index (χ1v) is 32.7. The minimum Gasteiger partial charge on any atom is -0.457 e. The van der Waals surface area contributed by atoms with E-state index in [0.29, 0.717) is 13.0 Å². The molecule has 0 radical (unpaired) electrons. The van der Waals surface area contributed by atoms with Gasteiger partial charge in [-0.15, -0.1) is 0 Å². The molecule has 78 heavy (non-hydrogen) atoms. The van der Waals surface area contributed by atoms with Crippen LogP contribution in [0.5, 0.6) is 0 Å². The van der Waals surface area contributed by atoms with Crippen molar-refractivity contribution in [3.63, 3.8) is 0 Å². The summed E-state index contributed by atoms with van der Waals surface area (Å²) >= 11 is 0. The summed E-state index contributed by atoms with van der Waals surface area (Å²) in [5.74, 6) is -0.413. The number of ether oxygens (including phenoxy) is 4. The van der Waals surface area contributed by atoms with Gasteiger partial charge in [0.15, 0.2) is 6.29 Å². The number of carbonyl (C=O) groups excluding carboxylic acids is 1. The molecule has 0 aromatic carbocycles. The maximum absolute atomic E-state index is 13.0. The predicted molar refractivity (Wildman–Crippen MR) is 322 cm³/mol. The number of unbranched alkanes of at least 4 members (excludes halogenated alkanes) is 28. The highest BCUT2D eigenvalue weighted by Crippen LogP contribution is 2.26. The van der Waals surface area contributed by atoms with Crippen LogP contribution < -0.4 is 0 Å². The van der Waals surface area contributed by atoms with Crippen molar-refractivity contribution in [1.29, 1.82) is 0 Å². The molecule has 1 aliphatic rings. The number of aliphatic hydroxyl groups excluding tert-OH is 3. The zero-order valence-corrected chi connectivity index (χ0v) is 50.0. The fourth-order valence-electron chi connectivity index (χ4n) is 9.32. The third-order valence-electron chi connectivity index (χ3n) is 14.0. The molecule has 1 heterocycles. The Morgan fingerprint density at radius 3 is 1.31 bits per heavy atom. The van der Waals surface area contributed by atoms with E-state index in [2.05, 4.69) is 103 Å². The molecule has 0 amide bonds. The fourth-order valence-corrected chi connectivity index (χ4v) is 9.83. The quantitative estimate of drug-likeness (QED) is 0.0196. The Kier molecular flexibility index (Phi) is 51.5. The molecular formula is C65H114O12S. The smallest absolute Gasteiger partial charge is 0.397 e. The van der Waals surface area contributed by atoms with Crippen LogP contribution in [0.4, 0.5) is 0 Å². The Bertz CT molecular complexity index is 1670. The minimum atomic E-state index is -5.08. The SMILES string of the molecule is CC/C=C\C/C=C\C/C=C\C/C=C\C/C=C\C/C=C\CCCCCCCCC(=O)OC(COCCCCCCCCCCCCCCCC/C=C\CCCCCCCCCC)COC1OC(CO)C(O)C(OS(=O)(=O)O)C1O. The summed E-state index contributed by atoms with van der Waals surface area (Å²) in [6, 6.07) is 0. The second-order valence-corrected chi connectivity index (χ2v) is 22.3. The van der Waals surface area contributed by atoms with Crippen molar-refractivity contribution in [1.82, 2.24) is 0 Å². The van der Waals surface area contributed by atoms with Crippen LogP contribution in [0.1, 0.15) is 258 Å². The van der Waals surface area contributed by atoms with Gasteiger partial charge in [0.2, 0.25) is 0 Å². The molecule has 6 unspecified atom stereocenters. The van der Waals surface area contributed by atoms with Gasteiger partial charge < -0.3 is 34.3 Å². The number of allylic oxidation sites excluding steroid dienone is 14. The molecule has 1 aliphatic heterocycles. The van der Waals surface area contributed by atoms with Crippen LogP contribution in [0.25, 0.3) is 0 Å². The zero-order valence-electron chi connectivity index (χ0n) is 49.2. The molecular weight excluding hydrogens is 1000 g/mol. The average Bonchev–Trinajstić information content (AvgIpc) is 3.46. The molecule has 0 aromatic rings. The van der Waals surface area contributed by atoms with E-state index in [0.717, 1.165) is 96.3 Å². The first kappa shape index (κ1) is 73.3. The summed E-state index contributed by atoms with van der Waals surface area (Å²) < 4.78 is 59.5. The number of carbonyl (C=O) groups is 1. The summed E-state index contributed by atoms with van der Waals surface area (Å²) in [4.78, 5) is 13.0. The van der Waals surface area contributed by atoms with Crippen molar-refractivity contribution < 1.29 is 56.2 Å². The van der Waals surface area contributed by atoms with E-state index in [-0.39, 0.29) is 19.6 Å². The molecule has 452 valence electrons. The van der Waals surface area contributed by atoms with Gasteiger partial charge in [-0.05, 0) is 89.9 Å². The van der Waals surface area contributed by atoms with E-state index in [4.69, 9.17) is 18.9 Å². The molecule has 0 spiro atoms. The topological polar surface area (TPSA) is 178 Å². The van der Waals surface area contributed by atoms with Crippen molar-refractivity contribution >= 4 is 16.4 Å². The molecule has 0 aliphatic carbocycles. The van der Waals surface area contributed by atoms with Crippen molar-refractivity contribution in [3.05, 3.63) is 85.1 Å². The Balaban J connectivity index is 2.28. The summed E-state index contributed by atoms with van der Waals surface area (Å²) in [7, 11) is -5.08. The largest absolute Gasteiger partial charge is 0.457 e. The Morgan fingerprint density at radius 2 is 0.885 bits per heavy atom. The van der Waals surface area contributed by atoms with E-state index >= 15 is 0 Å². The van der Waals surface area contributed by atoms with Gasteiger partial charge in [0.05, 0.1) is 19.8 Å². The van der Waals surface area contributed by atoms with Crippen LogP contribution in [-0.4, -0.2) is 97.5 Å². The lowest BCUT2D eigenvalue weighted by Gasteiger charge is -2.41. The standard InChI is InChI=1S/C65H114O12S/c1-3-5-7-9-11-13-15-17-19-21-23-25-27-29-31-33-35-37-39-41-43-45-47-49-51-53-55-73-57-59(58-74-65-63(69)64(77-78(70,71)72)62(68)60(56-66)76-65)75-61(67)54-52-50-48-46-44-42-40-38-36-34-32-30-28-26-24-22-20-18-16-14-12-10-8-6-4-2/h6,8,12,14,18,20-21,23-24,26,30,32,36,38,59-60,62-66,68-69H,3-5,7,9-11,13,15-17,19,22,25,27-29,31,33-35,37,39-58H2,1-2H3,(H,70,71,72)/b8-6-,14-12-,20-18-,23-21-,26-24-,32-30-,38-36-. The van der Waals surface area contributed by atoms with Gasteiger partial charge >= 0.3 is 16.4 Å². The summed E-state index contributed by atoms with van der Waals surface area (Å²) in [5.41, 5.74) is 0. The maximum atomic E-state index is 13.0. The normalized spacial score (nSPS) is 19.0. The molecule has 6 atom stereocenters. The lowest BCUT2D eigenvalue weighted by atomic mass is 9.99. The van der Waals surface area contributed by atoms with Gasteiger partial charge in [-0.25, -0.2) is 4.18 Å². The van der Waals surface area contributed by atoms with Gasteiger partial charge in [-0.2, -0.15) is 8.42 Å². The van der Waals surface area contributed by atoms with Crippen LogP contribution in [0.2, 0.25) is 0 Å². The van der Waals surface area contributed by atoms with Crippen LogP contribution in [-0.2, 0) is 38.3 Å². The second kappa shape index (κ2) is 54.8. The van der Waals surface area contributed by atoms with Gasteiger partial charge in [0.25, 0.3) is 0 Å². The van der Waals surface area contributed by atoms with Gasteiger partial charge in [-0.3, -0.25) is 9.35 Å². The van der Waals surface area contributed by atoms with E-state index in [1.165, 1.54) is 135 Å². The fraction of sp³-hybridized carbons (Fsp3) is 0.769. The van der Waals surface area contributed by atoms with Gasteiger partial charge in [0.1, 0.15) is 30.5 Å². The average molecular weight is 1120 g/mol. The lowest BCUT2D eigenvalue weighted by Crippen LogP contribution is -2.60. The Morgan fingerprint density at radius 1 is 0.500 bits per heavy atom. The van der Waals surface area contributed by atoms with Crippen LogP contribution in [0, 0.1) is 0 Å². The molecule has 0 aromatic heterocycles. The van der Waals surface area contributed by atoms with E-state index in [1.54, 1.807) is 0 Å². The van der Waals surface area contributed by atoms with Gasteiger partial charge in [0, 0.05) is 13.0 Å². The molecule has 12 nitrogen and oxygen atoms in total. The summed E-state index contributed by atoms with van der Waals surface area (Å²) in [6.07, 6.45) is 66.2. The molecule has 1 fully saturated rings. The molecule has 0 saturated carbocycles. The molecule has 1 rings (SSSR count).